The van der Waals surface area contributed by atoms with Gasteiger partial charge in [-0.1, -0.05) is 30.3 Å². The summed E-state index contributed by atoms with van der Waals surface area (Å²) in [6, 6.07) is 26.7. The Hall–Kier alpha value is -7.35. The highest BCUT2D eigenvalue weighted by Gasteiger charge is 2.34. The lowest BCUT2D eigenvalue weighted by molar-refractivity contribution is -0.131. The number of carbonyl (C=O) groups excluding carboxylic acids is 3. The van der Waals surface area contributed by atoms with Gasteiger partial charge in [0.15, 0.2) is 0 Å². The van der Waals surface area contributed by atoms with E-state index in [2.05, 4.69) is 11.0 Å². The molecule has 2 aromatic heterocycles. The normalized spacial score (nSPS) is 15.9. The van der Waals surface area contributed by atoms with Crippen LogP contribution in [0.3, 0.4) is 0 Å². The highest BCUT2D eigenvalue weighted by molar-refractivity contribution is 6.13. The van der Waals surface area contributed by atoms with Gasteiger partial charge < -0.3 is 28.9 Å². The molecular weight excluding hydrogens is 900 g/mol. The van der Waals surface area contributed by atoms with E-state index >= 15 is 14.0 Å². The monoisotopic (exact) mass is 953 g/mol. The first-order valence-electron chi connectivity index (χ1n) is 23.4. The number of benzene rings is 4. The first kappa shape index (κ1) is 47.7. The SMILES string of the molecule is Cc1c(C(=O)N(c2ccc(O)cc2)c2cc(C#N)n(C(F)F)c2C)cc(-c2cc3c(cc2C(=O)N2Cc4ccccc4C[C@H]2C)CN(C(=O)Cc2ccc(OCCN4CCOCC4)cc2F)CC3)n1C. The van der Waals surface area contributed by atoms with Gasteiger partial charge in [0.05, 0.1) is 30.9 Å². The number of fused-ring (bicyclic) bond motifs is 2. The van der Waals surface area contributed by atoms with E-state index in [0.717, 1.165) is 29.8 Å². The van der Waals surface area contributed by atoms with Gasteiger partial charge in [0, 0.05) is 92.3 Å². The Morgan fingerprint density at radius 2 is 1.63 bits per heavy atom. The minimum absolute atomic E-state index is 0.0163. The van der Waals surface area contributed by atoms with Crippen molar-refractivity contribution >= 4 is 29.1 Å². The van der Waals surface area contributed by atoms with Gasteiger partial charge in [0.25, 0.3) is 11.8 Å². The molecule has 16 heteroatoms. The van der Waals surface area contributed by atoms with Gasteiger partial charge in [-0.2, -0.15) is 14.0 Å². The van der Waals surface area contributed by atoms with Crippen molar-refractivity contribution in [1.82, 2.24) is 23.8 Å². The van der Waals surface area contributed by atoms with E-state index in [1.807, 2.05) is 52.8 Å². The molecule has 0 bridgehead atoms. The number of amides is 3. The number of aromatic nitrogens is 2. The number of ether oxygens (including phenoxy) is 2. The molecule has 0 aliphatic carbocycles. The molecule has 6 aromatic rings. The Labute approximate surface area is 404 Å². The molecule has 0 saturated carbocycles. The number of hydrogen-bond acceptors (Lipinski definition) is 8. The predicted molar refractivity (Wildman–Crippen MR) is 257 cm³/mol. The topological polar surface area (TPSA) is 137 Å². The number of halogens is 3. The van der Waals surface area contributed by atoms with E-state index in [0.29, 0.717) is 85.1 Å². The van der Waals surface area contributed by atoms with Gasteiger partial charge in [-0.15, -0.1) is 0 Å². The van der Waals surface area contributed by atoms with Crippen LogP contribution >= 0.6 is 0 Å². The second kappa shape index (κ2) is 19.9. The van der Waals surface area contributed by atoms with Crippen molar-refractivity contribution < 1.29 is 42.1 Å². The third-order valence-electron chi connectivity index (χ3n) is 14.0. The number of carbonyl (C=O) groups is 3. The molecule has 0 spiro atoms. The predicted octanol–water partition coefficient (Wildman–Crippen LogP) is 8.63. The lowest BCUT2D eigenvalue weighted by Gasteiger charge is -2.36. The molecule has 3 aliphatic heterocycles. The molecule has 1 fully saturated rings. The molecule has 0 radical (unpaired) electrons. The number of hydrogen-bond donors (Lipinski definition) is 1. The summed E-state index contributed by atoms with van der Waals surface area (Å²) in [4.78, 5) is 51.1. The fraction of sp³-hybridized carbons (Fsp3) is 0.333. The summed E-state index contributed by atoms with van der Waals surface area (Å²) in [6.45, 7) is 7.13. The van der Waals surface area contributed by atoms with E-state index in [9.17, 15) is 23.9 Å². The Morgan fingerprint density at radius 1 is 0.886 bits per heavy atom. The molecule has 3 aliphatic rings. The first-order valence-corrected chi connectivity index (χ1v) is 23.4. The molecular formula is C54H54F3N7O6. The number of nitrogens with zero attached hydrogens (tertiary/aromatic N) is 7. The van der Waals surface area contributed by atoms with Crippen molar-refractivity contribution in [1.29, 1.82) is 5.26 Å². The lowest BCUT2D eigenvalue weighted by atomic mass is 9.89. The van der Waals surface area contributed by atoms with Crippen LogP contribution < -0.4 is 9.64 Å². The van der Waals surface area contributed by atoms with Crippen molar-refractivity contribution in [3.63, 3.8) is 0 Å². The average Bonchev–Trinajstić information content (AvgIpc) is 3.85. The first-order chi connectivity index (χ1) is 33.7. The van der Waals surface area contributed by atoms with Crippen LogP contribution in [0.2, 0.25) is 0 Å². The molecule has 0 unspecified atom stereocenters. The molecule has 3 amide bonds. The van der Waals surface area contributed by atoms with Crippen molar-refractivity contribution in [3.8, 4) is 28.8 Å². The Balaban J connectivity index is 1.04. The zero-order valence-electron chi connectivity index (χ0n) is 39.6. The van der Waals surface area contributed by atoms with E-state index < -0.39 is 18.3 Å². The smallest absolute Gasteiger partial charge is 0.319 e. The number of anilines is 2. The van der Waals surface area contributed by atoms with Crippen LogP contribution in [0.1, 0.15) is 79.1 Å². The second-order valence-corrected chi connectivity index (χ2v) is 18.2. The summed E-state index contributed by atoms with van der Waals surface area (Å²) >= 11 is 0. The number of nitriles is 1. The summed E-state index contributed by atoms with van der Waals surface area (Å²) < 4.78 is 57.8. The van der Waals surface area contributed by atoms with Crippen molar-refractivity contribution in [2.45, 2.75) is 65.7 Å². The molecule has 70 heavy (non-hydrogen) atoms. The molecule has 9 rings (SSSR count). The summed E-state index contributed by atoms with van der Waals surface area (Å²) in [5.41, 5.74) is 6.32. The molecule has 5 heterocycles. The maximum Gasteiger partial charge on any atom is 0.319 e. The van der Waals surface area contributed by atoms with Crippen LogP contribution in [-0.2, 0) is 48.9 Å². The summed E-state index contributed by atoms with van der Waals surface area (Å²) in [6.07, 6.45) is 0.937. The number of aromatic hydroxyl groups is 1. The van der Waals surface area contributed by atoms with Gasteiger partial charge in [-0.3, -0.25) is 28.8 Å². The van der Waals surface area contributed by atoms with Crippen molar-refractivity contribution in [3.05, 3.63) is 153 Å². The third kappa shape index (κ3) is 9.38. The summed E-state index contributed by atoms with van der Waals surface area (Å²) in [7, 11) is 1.79. The molecule has 1 N–H and O–H groups in total. The average molecular weight is 954 g/mol. The minimum Gasteiger partial charge on any atom is -0.508 e. The number of phenolic OH excluding ortho intramolecular Hbond substituents is 1. The van der Waals surface area contributed by atoms with Crippen LogP contribution in [0.25, 0.3) is 11.3 Å². The van der Waals surface area contributed by atoms with Gasteiger partial charge in [0.1, 0.15) is 35.7 Å². The molecule has 4 aromatic carbocycles. The standard InChI is InChI=1S/C54H54F3N7O6/c1-33-23-36-7-5-6-8-39(36)32-62(33)52(67)47-25-40-31-61(51(66)26-38-9-14-44(28-48(38)55)70-22-19-60-17-20-69-21-18-60)16-15-37(40)24-46(47)50-29-45(34(2)59(50)4)53(68)64(41-10-12-43(65)13-11-41)49-27-42(30-58)63(35(49)3)54(56)57/h5-14,24-25,27-29,33,54,65H,15-23,26,31-32H2,1-4H3/t33-/m1/s1. The Morgan fingerprint density at radius 3 is 2.33 bits per heavy atom. The zero-order chi connectivity index (χ0) is 49.4. The highest BCUT2D eigenvalue weighted by Crippen LogP contribution is 2.39. The fourth-order valence-corrected chi connectivity index (χ4v) is 9.90. The van der Waals surface area contributed by atoms with E-state index in [-0.39, 0.29) is 70.5 Å². The Kier molecular flexibility index (Phi) is 13.6. The van der Waals surface area contributed by atoms with Gasteiger partial charge >= 0.3 is 6.55 Å². The number of morpholine rings is 1. The summed E-state index contributed by atoms with van der Waals surface area (Å²) in [5, 5.41) is 20.0. The quantitative estimate of drug-likeness (QED) is 0.129. The maximum absolute atomic E-state index is 15.5. The van der Waals surface area contributed by atoms with E-state index in [1.165, 1.54) is 53.8 Å². The van der Waals surface area contributed by atoms with Crippen LogP contribution in [0, 0.1) is 31.0 Å². The highest BCUT2D eigenvalue weighted by atomic mass is 19.3. The van der Waals surface area contributed by atoms with Crippen LogP contribution in [0.5, 0.6) is 11.5 Å². The van der Waals surface area contributed by atoms with Crippen molar-refractivity contribution in [2.24, 2.45) is 7.05 Å². The third-order valence-corrected chi connectivity index (χ3v) is 14.0. The van der Waals surface area contributed by atoms with Crippen LogP contribution in [0.4, 0.5) is 24.5 Å². The van der Waals surface area contributed by atoms with E-state index in [1.54, 1.807) is 37.1 Å². The lowest BCUT2D eigenvalue weighted by Crippen LogP contribution is -2.43. The number of phenols is 1. The molecule has 1 atom stereocenters. The largest absolute Gasteiger partial charge is 0.508 e. The summed E-state index contributed by atoms with van der Waals surface area (Å²) in [5.74, 6) is -1.29. The van der Waals surface area contributed by atoms with Crippen LogP contribution in [-0.4, -0.2) is 98.7 Å². The second-order valence-electron chi connectivity index (χ2n) is 18.2. The molecule has 362 valence electrons. The van der Waals surface area contributed by atoms with Gasteiger partial charge in [-0.05, 0) is 116 Å². The Bertz CT molecular complexity index is 3030. The van der Waals surface area contributed by atoms with E-state index in [4.69, 9.17) is 9.47 Å². The zero-order valence-corrected chi connectivity index (χ0v) is 39.6. The van der Waals surface area contributed by atoms with Gasteiger partial charge in [-0.25, -0.2) is 4.39 Å². The van der Waals surface area contributed by atoms with Crippen molar-refractivity contribution in [2.75, 3.05) is 50.9 Å². The number of rotatable bonds is 12. The molecule has 13 nitrogen and oxygen atoms in total. The maximum atomic E-state index is 15.5. The fourth-order valence-electron chi connectivity index (χ4n) is 9.90. The molecule has 1 saturated heterocycles. The van der Waals surface area contributed by atoms with Crippen LogP contribution in [0.15, 0.2) is 91.0 Å². The number of alkyl halides is 2. The van der Waals surface area contributed by atoms with Gasteiger partial charge in [0.2, 0.25) is 5.91 Å². The minimum atomic E-state index is -3.05.